The van der Waals surface area contributed by atoms with Crippen LogP contribution in [0, 0.1) is 0 Å². The van der Waals surface area contributed by atoms with Gasteiger partial charge in [-0.05, 0) is 11.8 Å². The Kier molecular flexibility index (Phi) is 7.13. The lowest BCUT2D eigenvalue weighted by atomic mass is 10.0. The lowest BCUT2D eigenvalue weighted by Gasteiger charge is -2.33. The predicted octanol–water partition coefficient (Wildman–Crippen LogP) is -0.880. The van der Waals surface area contributed by atoms with Gasteiger partial charge in [-0.25, -0.2) is 24.5 Å². The first kappa shape index (κ1) is 30.7. The molecule has 4 saturated heterocycles. The van der Waals surface area contributed by atoms with Crippen molar-refractivity contribution in [1.82, 2.24) is 39.0 Å². The second kappa shape index (κ2) is 10.7. The summed E-state index contributed by atoms with van der Waals surface area (Å²) in [7, 11) is 0. The SMILES string of the molecule is Nc1nc2c(ncn2[C@@H]2O[C@@H]3COP(O)(=S)OC4C5OCC4(COP(=O)(S)OC2C3O)O[C@H]5n2cnc3c(N)ncnc32)c(=O)[nH]1. The summed E-state index contributed by atoms with van der Waals surface area (Å²) in [6.45, 7) is -9.59. The molecule has 0 aromatic carbocycles. The number of nitrogens with two attached hydrogens (primary N) is 2. The van der Waals surface area contributed by atoms with Crippen molar-refractivity contribution < 1.29 is 46.9 Å². The molecule has 4 aromatic rings. The molecular formula is C21H24N10O11P2S2. The monoisotopic (exact) mass is 718 g/mol. The molecule has 0 aliphatic carbocycles. The van der Waals surface area contributed by atoms with E-state index in [1.54, 1.807) is 4.57 Å². The minimum atomic E-state index is -4.36. The van der Waals surface area contributed by atoms with Crippen LogP contribution in [0.15, 0.2) is 23.8 Å². The van der Waals surface area contributed by atoms with Gasteiger partial charge in [0.25, 0.3) is 5.56 Å². The number of rotatable bonds is 2. The topological polar surface area (TPSA) is 281 Å². The molecular weight excluding hydrogens is 694 g/mol. The fraction of sp³-hybridized carbons (Fsp3) is 0.524. The summed E-state index contributed by atoms with van der Waals surface area (Å²) in [5.41, 5.74) is 10.1. The highest BCUT2D eigenvalue weighted by molar-refractivity contribution is 8.44. The molecule has 0 radical (unpaired) electrons. The maximum Gasteiger partial charge on any atom is 0.386 e. The maximum atomic E-state index is 13.7. The van der Waals surface area contributed by atoms with Crippen LogP contribution in [0.1, 0.15) is 12.5 Å². The number of nitrogen functional groups attached to an aromatic ring is 2. The van der Waals surface area contributed by atoms with Crippen molar-refractivity contribution in [3.8, 4) is 0 Å². The Morgan fingerprint density at radius 2 is 1.80 bits per heavy atom. The summed E-state index contributed by atoms with van der Waals surface area (Å²) in [4.78, 5) is 46.5. The molecule has 0 saturated carbocycles. The summed E-state index contributed by atoms with van der Waals surface area (Å²) in [5.74, 6) is -0.0633. The number of aliphatic hydroxyl groups excluding tert-OH is 1. The number of anilines is 2. The zero-order chi connectivity index (χ0) is 32.2. The van der Waals surface area contributed by atoms with E-state index in [1.165, 1.54) is 23.5 Å². The van der Waals surface area contributed by atoms with E-state index >= 15 is 0 Å². The van der Waals surface area contributed by atoms with Gasteiger partial charge in [0.15, 0.2) is 35.1 Å². The second-order valence-electron chi connectivity index (χ2n) is 10.9. The van der Waals surface area contributed by atoms with Crippen LogP contribution in [0.3, 0.4) is 0 Å². The van der Waals surface area contributed by atoms with Crippen molar-refractivity contribution in [1.29, 1.82) is 0 Å². The van der Waals surface area contributed by atoms with E-state index < -0.39 is 80.9 Å². The number of imidazole rings is 2. The van der Waals surface area contributed by atoms with Crippen molar-refractivity contribution in [2.45, 2.75) is 48.6 Å². The second-order valence-corrected chi connectivity index (χ2v) is 16.5. The molecule has 7 unspecified atom stereocenters. The number of aromatic nitrogens is 8. The molecule has 4 bridgehead atoms. The number of thiol groups is 1. The molecule has 7 N–H and O–H groups in total. The first-order chi connectivity index (χ1) is 21.8. The van der Waals surface area contributed by atoms with Crippen LogP contribution in [0.4, 0.5) is 11.8 Å². The number of fused-ring (bicyclic) bond motifs is 4. The summed E-state index contributed by atoms with van der Waals surface area (Å²) in [6, 6.07) is 0. The van der Waals surface area contributed by atoms with Crippen LogP contribution in [-0.2, 0) is 48.7 Å². The van der Waals surface area contributed by atoms with Crippen molar-refractivity contribution >= 4 is 71.7 Å². The average Bonchev–Trinajstić information content (AvgIpc) is 3.80. The predicted molar refractivity (Wildman–Crippen MR) is 160 cm³/mol. The Bertz CT molecular complexity index is 2030. The zero-order valence-electron chi connectivity index (χ0n) is 23.0. The van der Waals surface area contributed by atoms with E-state index in [-0.39, 0.29) is 29.5 Å². The Labute approximate surface area is 266 Å². The average molecular weight is 719 g/mol. The highest BCUT2D eigenvalue weighted by Crippen LogP contribution is 2.61. The third-order valence-electron chi connectivity index (χ3n) is 8.05. The van der Waals surface area contributed by atoms with Crippen molar-refractivity contribution in [2.75, 3.05) is 31.3 Å². The molecule has 4 fully saturated rings. The zero-order valence-corrected chi connectivity index (χ0v) is 26.5. The molecule has 4 aromatic heterocycles. The highest BCUT2D eigenvalue weighted by atomic mass is 32.7. The Morgan fingerprint density at radius 1 is 1.04 bits per heavy atom. The number of H-pyrrole nitrogens is 1. The standard InChI is InChI=1S/C21H24N10O11P2S2/c22-14-8-15(25-4-24-14)30(5-26-8)19-12-13-21(40-19,2-36-12)3-38-44(35,46)41-11-10(32)7(1-37-43(34,45)42-13)39-18(11)31-6-27-9-16(31)28-20(23)29-17(9)33/h4-7,10-13,18-19,32H,1-3H2,(H,34,45)(H,35,46)(H2,22,24,25)(H3,23,28,29,33)/t7-,10?,11?,12?,13?,18-,19-,21?,43?,44?/m1/s1. The molecule has 246 valence electrons. The van der Waals surface area contributed by atoms with Gasteiger partial charge in [-0.15, -0.1) is 0 Å². The van der Waals surface area contributed by atoms with Crippen LogP contribution in [-0.4, -0.2) is 105 Å². The first-order valence-corrected chi connectivity index (χ1v) is 18.7. The van der Waals surface area contributed by atoms with Gasteiger partial charge in [-0.2, -0.15) is 4.98 Å². The quantitative estimate of drug-likeness (QED) is 0.108. The fourth-order valence-electron chi connectivity index (χ4n) is 5.97. The Balaban J connectivity index is 1.14. The van der Waals surface area contributed by atoms with Gasteiger partial charge in [0.05, 0.1) is 32.5 Å². The molecule has 0 spiro atoms. The van der Waals surface area contributed by atoms with Crippen LogP contribution in [0.5, 0.6) is 0 Å². The lowest BCUT2D eigenvalue weighted by molar-refractivity contribution is -0.183. The summed E-state index contributed by atoms with van der Waals surface area (Å²) in [5, 5.41) is 11.2. The minimum absolute atomic E-state index is 0.0133. The number of aliphatic hydroxyl groups is 1. The number of hydrogen-bond acceptors (Lipinski definition) is 18. The first-order valence-electron chi connectivity index (χ1n) is 13.4. The van der Waals surface area contributed by atoms with Crippen molar-refractivity contribution in [3.63, 3.8) is 0 Å². The summed E-state index contributed by atoms with van der Waals surface area (Å²) >= 11 is 9.51. The van der Waals surface area contributed by atoms with E-state index in [0.717, 1.165) is 0 Å². The molecule has 21 nitrogen and oxygen atoms in total. The van der Waals surface area contributed by atoms with E-state index in [9.17, 15) is 19.4 Å². The number of ether oxygens (including phenoxy) is 3. The molecule has 8 rings (SSSR count). The Morgan fingerprint density at radius 3 is 2.61 bits per heavy atom. The number of nitrogens with one attached hydrogen (secondary N) is 1. The van der Waals surface area contributed by atoms with Gasteiger partial charge >= 0.3 is 13.5 Å². The van der Waals surface area contributed by atoms with E-state index in [2.05, 4.69) is 42.2 Å². The van der Waals surface area contributed by atoms with Gasteiger partial charge in [-0.1, -0.05) is 12.2 Å². The molecule has 10 atom stereocenters. The lowest BCUT2D eigenvalue weighted by Crippen LogP contribution is -2.45. The van der Waals surface area contributed by atoms with Crippen LogP contribution < -0.4 is 17.0 Å². The van der Waals surface area contributed by atoms with E-state index in [1.807, 2.05) is 0 Å². The minimum Gasteiger partial charge on any atom is -0.387 e. The van der Waals surface area contributed by atoms with E-state index in [0.29, 0.717) is 11.2 Å². The van der Waals surface area contributed by atoms with Gasteiger partial charge in [0.1, 0.15) is 48.0 Å². The van der Waals surface area contributed by atoms with Crippen LogP contribution in [0.25, 0.3) is 22.3 Å². The third-order valence-corrected chi connectivity index (χ3v) is 11.2. The molecule has 8 heterocycles. The van der Waals surface area contributed by atoms with Crippen molar-refractivity contribution in [3.05, 3.63) is 29.3 Å². The fourth-order valence-corrected chi connectivity index (χ4v) is 8.91. The van der Waals surface area contributed by atoms with Gasteiger partial charge in [0.2, 0.25) is 5.95 Å². The molecule has 0 amide bonds. The Hall–Kier alpha value is -2.63. The normalized spacial score (nSPS) is 39.7. The summed E-state index contributed by atoms with van der Waals surface area (Å²) in [6.07, 6.45) is -4.56. The summed E-state index contributed by atoms with van der Waals surface area (Å²) < 4.78 is 58.1. The van der Waals surface area contributed by atoms with Crippen LogP contribution >= 0.6 is 25.8 Å². The molecule has 4 aliphatic rings. The number of aromatic amines is 1. The number of hydrogen-bond donors (Lipinski definition) is 6. The van der Waals surface area contributed by atoms with Crippen LogP contribution in [0.2, 0.25) is 0 Å². The largest absolute Gasteiger partial charge is 0.387 e. The maximum absolute atomic E-state index is 13.7. The van der Waals surface area contributed by atoms with Crippen molar-refractivity contribution in [2.24, 2.45) is 0 Å². The smallest absolute Gasteiger partial charge is 0.386 e. The molecule has 4 aliphatic heterocycles. The third kappa shape index (κ3) is 4.89. The number of nitrogens with zero attached hydrogens (tertiary/aromatic N) is 7. The van der Waals surface area contributed by atoms with Gasteiger partial charge in [0, 0.05) is 0 Å². The van der Waals surface area contributed by atoms with E-state index in [4.69, 9.17) is 55.6 Å². The highest BCUT2D eigenvalue weighted by Gasteiger charge is 2.65. The molecule has 25 heteroatoms. The molecule has 46 heavy (non-hydrogen) atoms. The van der Waals surface area contributed by atoms with Gasteiger partial charge in [-0.3, -0.25) is 32.5 Å². The van der Waals surface area contributed by atoms with Gasteiger partial charge < -0.3 is 40.2 Å².